The number of esters is 1. The maximum atomic E-state index is 12.8. The van der Waals surface area contributed by atoms with E-state index in [1.165, 1.54) is 24.3 Å². The highest BCUT2D eigenvalue weighted by Crippen LogP contribution is 2.43. The summed E-state index contributed by atoms with van der Waals surface area (Å²) in [5.41, 5.74) is 1.12. The van der Waals surface area contributed by atoms with E-state index in [1.54, 1.807) is 24.3 Å². The lowest BCUT2D eigenvalue weighted by molar-refractivity contribution is -0.122. The van der Waals surface area contributed by atoms with Crippen LogP contribution in [0.2, 0.25) is 0 Å². The van der Waals surface area contributed by atoms with E-state index in [9.17, 15) is 19.2 Å². The van der Waals surface area contributed by atoms with Crippen LogP contribution in [0.15, 0.2) is 53.0 Å². The number of amides is 3. The molecule has 0 radical (unpaired) electrons. The number of benzene rings is 2. The normalized spacial score (nSPS) is 24.4. The van der Waals surface area contributed by atoms with Crippen LogP contribution in [-0.4, -0.2) is 41.1 Å². The zero-order chi connectivity index (χ0) is 23.7. The molecular weight excluding hydrogens is 535 g/mol. The molecule has 10 heteroatoms. The minimum Gasteiger partial charge on any atom is -0.452 e. The first-order valence-corrected chi connectivity index (χ1v) is 11.9. The first kappa shape index (κ1) is 23.7. The summed E-state index contributed by atoms with van der Waals surface area (Å²) < 4.78 is 5.93. The Morgan fingerprint density at radius 1 is 0.939 bits per heavy atom. The summed E-state index contributed by atoms with van der Waals surface area (Å²) in [4.78, 5) is 51.1. The smallest absolute Gasteiger partial charge is 0.338 e. The number of fused-ring (bicyclic) bond motifs is 1. The molecule has 4 rings (SSSR count). The van der Waals surface area contributed by atoms with Gasteiger partial charge in [0.15, 0.2) is 6.61 Å². The molecule has 172 valence electrons. The number of carbonyl (C=O) groups excluding carboxylic acids is 4. The first-order valence-electron chi connectivity index (χ1n) is 10.2. The third-order valence-corrected chi connectivity index (χ3v) is 7.36. The Kier molecular flexibility index (Phi) is 7.07. The first-order chi connectivity index (χ1) is 15.7. The lowest BCUT2D eigenvalue weighted by Gasteiger charge is -2.28. The molecule has 33 heavy (non-hydrogen) atoms. The number of alkyl halides is 2. The number of hydrogen-bond donors (Lipinski definition) is 1. The standard InChI is InChI=1S/C23H19BrCl2N2O5/c24-13-3-5-14(6-4-13)27-20(29)11-33-23(32)12-1-7-15(8-2-12)28-21(30)16-9-18(25)19(26)10-17(16)22(28)31/h1-8,16-19H,9-11H2,(H,27,29)/t16-,17+,18+,19-. The molecule has 3 amide bonds. The molecular formula is C23H19BrCl2N2O5. The van der Waals surface area contributed by atoms with E-state index in [0.717, 1.165) is 9.37 Å². The molecule has 2 fully saturated rings. The Labute approximate surface area is 208 Å². The van der Waals surface area contributed by atoms with Crippen LogP contribution in [-0.2, 0) is 19.1 Å². The number of nitrogens with zero attached hydrogens (tertiary/aromatic N) is 1. The third kappa shape index (κ3) is 5.08. The van der Waals surface area contributed by atoms with Gasteiger partial charge in [-0.1, -0.05) is 15.9 Å². The number of imide groups is 1. The minimum atomic E-state index is -0.699. The zero-order valence-corrected chi connectivity index (χ0v) is 20.3. The Balaban J connectivity index is 1.36. The predicted molar refractivity (Wildman–Crippen MR) is 127 cm³/mol. The van der Waals surface area contributed by atoms with Crippen LogP contribution < -0.4 is 10.2 Å². The lowest BCUT2D eigenvalue weighted by atomic mass is 9.80. The number of rotatable bonds is 5. The van der Waals surface area contributed by atoms with E-state index >= 15 is 0 Å². The SMILES string of the molecule is O=C(COC(=O)c1ccc(N2C(=O)[C@H]3C[C@@H](Cl)[C@@H](Cl)C[C@H]3C2=O)cc1)Nc1ccc(Br)cc1. The van der Waals surface area contributed by atoms with E-state index in [1.807, 2.05) is 0 Å². The van der Waals surface area contributed by atoms with Crippen LogP contribution >= 0.6 is 39.1 Å². The molecule has 4 atom stereocenters. The van der Waals surface area contributed by atoms with Crippen LogP contribution in [0.5, 0.6) is 0 Å². The number of anilines is 2. The van der Waals surface area contributed by atoms with Gasteiger partial charge in [-0.15, -0.1) is 23.2 Å². The van der Waals surface area contributed by atoms with Gasteiger partial charge in [0, 0.05) is 10.2 Å². The van der Waals surface area contributed by atoms with E-state index in [-0.39, 0.29) is 28.1 Å². The molecule has 1 heterocycles. The summed E-state index contributed by atoms with van der Waals surface area (Å²) >= 11 is 15.7. The zero-order valence-electron chi connectivity index (χ0n) is 17.2. The second-order valence-corrected chi connectivity index (χ2v) is 9.94. The van der Waals surface area contributed by atoms with Gasteiger partial charge in [0.1, 0.15) is 0 Å². The average Bonchev–Trinajstić information content (AvgIpc) is 3.03. The lowest BCUT2D eigenvalue weighted by Crippen LogP contribution is -2.34. The summed E-state index contributed by atoms with van der Waals surface area (Å²) in [5.74, 6) is -2.75. The summed E-state index contributed by atoms with van der Waals surface area (Å²) in [6.45, 7) is -0.456. The van der Waals surface area contributed by atoms with Crippen molar-refractivity contribution in [3.05, 3.63) is 58.6 Å². The van der Waals surface area contributed by atoms with Crippen LogP contribution in [0.25, 0.3) is 0 Å². The van der Waals surface area contributed by atoms with E-state index in [2.05, 4.69) is 21.2 Å². The Hall–Kier alpha value is -2.42. The Morgan fingerprint density at radius 3 is 2.03 bits per heavy atom. The Bertz CT molecular complexity index is 1070. The highest BCUT2D eigenvalue weighted by molar-refractivity contribution is 9.10. The van der Waals surface area contributed by atoms with Crippen molar-refractivity contribution in [3.63, 3.8) is 0 Å². The molecule has 0 spiro atoms. The van der Waals surface area contributed by atoms with Gasteiger partial charge in [-0.2, -0.15) is 0 Å². The van der Waals surface area contributed by atoms with Crippen LogP contribution in [0, 0.1) is 11.8 Å². The van der Waals surface area contributed by atoms with Gasteiger partial charge in [-0.3, -0.25) is 19.3 Å². The quantitative estimate of drug-likeness (QED) is 0.337. The average molecular weight is 554 g/mol. The molecule has 7 nitrogen and oxygen atoms in total. The van der Waals surface area contributed by atoms with Gasteiger partial charge in [-0.25, -0.2) is 4.79 Å². The Morgan fingerprint density at radius 2 is 1.48 bits per heavy atom. The molecule has 1 aliphatic carbocycles. The molecule has 1 N–H and O–H groups in total. The molecule has 0 aromatic heterocycles. The van der Waals surface area contributed by atoms with Crippen molar-refractivity contribution in [2.24, 2.45) is 11.8 Å². The largest absolute Gasteiger partial charge is 0.452 e. The predicted octanol–water partition coefficient (Wildman–Crippen LogP) is 4.36. The number of nitrogens with one attached hydrogen (secondary N) is 1. The van der Waals surface area contributed by atoms with Gasteiger partial charge in [0.2, 0.25) is 11.8 Å². The van der Waals surface area contributed by atoms with Gasteiger partial charge in [-0.05, 0) is 61.4 Å². The summed E-state index contributed by atoms with van der Waals surface area (Å²) in [6.07, 6.45) is 0.711. The van der Waals surface area contributed by atoms with Crippen molar-refractivity contribution in [2.45, 2.75) is 23.6 Å². The highest BCUT2D eigenvalue weighted by atomic mass is 79.9. The van der Waals surface area contributed by atoms with Gasteiger partial charge in [0.25, 0.3) is 5.91 Å². The van der Waals surface area contributed by atoms with E-state index in [4.69, 9.17) is 27.9 Å². The number of ether oxygens (including phenoxy) is 1. The third-order valence-electron chi connectivity index (χ3n) is 5.74. The maximum absolute atomic E-state index is 12.8. The van der Waals surface area contributed by atoms with Crippen molar-refractivity contribution >= 4 is 74.2 Å². The number of halogens is 3. The molecule has 0 bridgehead atoms. The second kappa shape index (κ2) is 9.83. The van der Waals surface area contributed by atoms with Crippen LogP contribution in [0.1, 0.15) is 23.2 Å². The number of carbonyl (C=O) groups is 4. The minimum absolute atomic E-state index is 0.188. The highest BCUT2D eigenvalue weighted by Gasteiger charge is 2.52. The second-order valence-electron chi connectivity index (χ2n) is 7.91. The molecule has 0 unspecified atom stereocenters. The molecule has 1 saturated heterocycles. The fraction of sp³-hybridized carbons (Fsp3) is 0.304. The summed E-state index contributed by atoms with van der Waals surface area (Å²) in [5, 5.41) is 1.91. The summed E-state index contributed by atoms with van der Waals surface area (Å²) in [7, 11) is 0. The molecule has 2 aromatic carbocycles. The van der Waals surface area contributed by atoms with Gasteiger partial charge in [0.05, 0.1) is 33.8 Å². The number of hydrogen-bond acceptors (Lipinski definition) is 5. The van der Waals surface area contributed by atoms with Crippen molar-refractivity contribution in [3.8, 4) is 0 Å². The van der Waals surface area contributed by atoms with Gasteiger partial charge < -0.3 is 10.1 Å². The molecule has 1 aliphatic heterocycles. The van der Waals surface area contributed by atoms with Crippen LogP contribution in [0.3, 0.4) is 0 Å². The monoisotopic (exact) mass is 552 g/mol. The fourth-order valence-electron chi connectivity index (χ4n) is 4.04. The van der Waals surface area contributed by atoms with Gasteiger partial charge >= 0.3 is 5.97 Å². The van der Waals surface area contributed by atoms with Crippen molar-refractivity contribution in [2.75, 3.05) is 16.8 Å². The summed E-state index contributed by atoms with van der Waals surface area (Å²) in [6, 6.07) is 12.9. The topological polar surface area (TPSA) is 92.8 Å². The van der Waals surface area contributed by atoms with Crippen molar-refractivity contribution in [1.82, 2.24) is 0 Å². The maximum Gasteiger partial charge on any atom is 0.338 e. The van der Waals surface area contributed by atoms with Crippen LogP contribution in [0.4, 0.5) is 11.4 Å². The van der Waals surface area contributed by atoms with E-state index in [0.29, 0.717) is 24.2 Å². The fourth-order valence-corrected chi connectivity index (χ4v) is 4.89. The van der Waals surface area contributed by atoms with Crippen molar-refractivity contribution in [1.29, 1.82) is 0 Å². The van der Waals surface area contributed by atoms with Crippen molar-refractivity contribution < 1.29 is 23.9 Å². The van der Waals surface area contributed by atoms with E-state index < -0.39 is 30.3 Å². The molecule has 2 aromatic rings. The molecule has 2 aliphatic rings. The molecule has 1 saturated carbocycles.